The van der Waals surface area contributed by atoms with Crippen molar-refractivity contribution in [3.63, 3.8) is 0 Å². The molecule has 1 nitrogen and oxygen atoms in total. The summed E-state index contributed by atoms with van der Waals surface area (Å²) in [6, 6.07) is 2.12. The first kappa shape index (κ1) is 8.21. The highest BCUT2D eigenvalue weighted by Gasteiger charge is 2.01. The summed E-state index contributed by atoms with van der Waals surface area (Å²) >= 11 is 5.35. The fraction of sp³-hybridized carbons (Fsp3) is 0.429. The summed E-state index contributed by atoms with van der Waals surface area (Å²) in [6.45, 7) is 2.16. The molecule has 1 rings (SSSR count). The average molecular weight is 220 g/mol. The summed E-state index contributed by atoms with van der Waals surface area (Å²) in [5, 5.41) is 0. The van der Waals surface area contributed by atoms with Crippen molar-refractivity contribution in [2.24, 2.45) is 7.05 Å². The predicted molar refractivity (Wildman–Crippen MR) is 49.5 cm³/mol. The fourth-order valence-electron chi connectivity index (χ4n) is 0.751. The average Bonchev–Trinajstić information content (AvgIpc) is 2.20. The normalized spacial score (nSPS) is 10.3. The van der Waals surface area contributed by atoms with Crippen LogP contribution in [0, 0.1) is 0 Å². The molecule has 0 aromatic carbocycles. The zero-order valence-electron chi connectivity index (χ0n) is 6.10. The summed E-state index contributed by atoms with van der Waals surface area (Å²) in [6.07, 6.45) is 2.06. The Bertz CT molecular complexity index is 219. The van der Waals surface area contributed by atoms with Crippen molar-refractivity contribution < 1.29 is 0 Å². The summed E-state index contributed by atoms with van der Waals surface area (Å²) in [5.41, 5.74) is 0. The van der Waals surface area contributed by atoms with Crippen LogP contribution in [0.1, 0.15) is 6.92 Å². The monoisotopic (exact) mass is 219 g/mol. The Labute approximate surface area is 73.9 Å². The van der Waals surface area contributed by atoms with Gasteiger partial charge in [0, 0.05) is 18.1 Å². The van der Waals surface area contributed by atoms with Crippen LogP contribution in [0.15, 0.2) is 21.8 Å². The Hall–Kier alpha value is 0.110. The molecule has 0 spiro atoms. The zero-order chi connectivity index (χ0) is 7.56. The minimum Gasteiger partial charge on any atom is -0.344 e. The van der Waals surface area contributed by atoms with Gasteiger partial charge in [-0.15, -0.1) is 11.8 Å². The molecule has 0 radical (unpaired) electrons. The maximum atomic E-state index is 3.49. The fourth-order valence-corrected chi connectivity index (χ4v) is 2.08. The number of rotatable bonds is 2. The summed E-state index contributed by atoms with van der Waals surface area (Å²) in [7, 11) is 2.03. The molecule has 0 fully saturated rings. The second kappa shape index (κ2) is 3.49. The van der Waals surface area contributed by atoms with Gasteiger partial charge in [-0.1, -0.05) is 6.92 Å². The van der Waals surface area contributed by atoms with E-state index in [0.717, 1.165) is 5.75 Å². The van der Waals surface area contributed by atoms with E-state index in [2.05, 4.69) is 39.7 Å². The Morgan fingerprint density at radius 1 is 1.70 bits per heavy atom. The van der Waals surface area contributed by atoms with Gasteiger partial charge in [0.2, 0.25) is 0 Å². The Kier molecular flexibility index (Phi) is 2.86. The molecule has 0 aliphatic heterocycles. The van der Waals surface area contributed by atoms with Crippen molar-refractivity contribution in [1.82, 2.24) is 4.57 Å². The number of halogens is 1. The highest BCUT2D eigenvalue weighted by Crippen LogP contribution is 2.27. The van der Waals surface area contributed by atoms with E-state index < -0.39 is 0 Å². The molecule has 1 aromatic rings. The van der Waals surface area contributed by atoms with Gasteiger partial charge in [-0.25, -0.2) is 0 Å². The predicted octanol–water partition coefficient (Wildman–Crippen LogP) is 2.90. The summed E-state index contributed by atoms with van der Waals surface area (Å²) in [4.78, 5) is 1.32. The molecule has 0 unspecified atom stereocenters. The molecule has 0 saturated heterocycles. The van der Waals surface area contributed by atoms with Crippen LogP contribution >= 0.6 is 27.7 Å². The molecule has 0 aliphatic carbocycles. The number of nitrogens with zero attached hydrogens (tertiary/aromatic N) is 1. The number of hydrogen-bond acceptors (Lipinski definition) is 1. The van der Waals surface area contributed by atoms with Crippen molar-refractivity contribution in [3.05, 3.63) is 16.9 Å². The quantitative estimate of drug-likeness (QED) is 0.693. The summed E-state index contributed by atoms with van der Waals surface area (Å²) < 4.78 is 3.25. The minimum atomic E-state index is 1.13. The molecule has 0 saturated carbocycles. The number of aryl methyl sites for hydroxylation is 1. The smallest absolute Gasteiger partial charge is 0.0981 e. The van der Waals surface area contributed by atoms with E-state index in [1.807, 2.05) is 18.8 Å². The molecule has 0 atom stereocenters. The molecule has 0 N–H and O–H groups in total. The van der Waals surface area contributed by atoms with Crippen LogP contribution in [0.25, 0.3) is 0 Å². The third-order valence-corrected chi connectivity index (χ3v) is 3.44. The van der Waals surface area contributed by atoms with Gasteiger partial charge in [0.1, 0.15) is 0 Å². The topological polar surface area (TPSA) is 4.93 Å². The molecule has 1 aromatic heterocycles. The van der Waals surface area contributed by atoms with Gasteiger partial charge in [0.05, 0.1) is 4.60 Å². The van der Waals surface area contributed by atoms with Crippen LogP contribution in [0.3, 0.4) is 0 Å². The maximum Gasteiger partial charge on any atom is 0.0981 e. The molecule has 56 valence electrons. The van der Waals surface area contributed by atoms with E-state index in [-0.39, 0.29) is 0 Å². The van der Waals surface area contributed by atoms with Crippen LogP contribution in [0.2, 0.25) is 0 Å². The highest BCUT2D eigenvalue weighted by atomic mass is 79.9. The van der Waals surface area contributed by atoms with Gasteiger partial charge in [0.25, 0.3) is 0 Å². The van der Waals surface area contributed by atoms with E-state index in [9.17, 15) is 0 Å². The molecule has 0 amide bonds. The van der Waals surface area contributed by atoms with Gasteiger partial charge in [-0.05, 0) is 27.7 Å². The van der Waals surface area contributed by atoms with E-state index in [4.69, 9.17) is 0 Å². The third-order valence-electron chi connectivity index (χ3n) is 1.26. The highest BCUT2D eigenvalue weighted by molar-refractivity contribution is 9.10. The Balaban J connectivity index is 2.83. The van der Waals surface area contributed by atoms with Gasteiger partial charge < -0.3 is 4.57 Å². The largest absolute Gasteiger partial charge is 0.344 e. The van der Waals surface area contributed by atoms with E-state index in [0.29, 0.717) is 0 Å². The molecule has 10 heavy (non-hydrogen) atoms. The zero-order valence-corrected chi connectivity index (χ0v) is 8.50. The van der Waals surface area contributed by atoms with Gasteiger partial charge >= 0.3 is 0 Å². The van der Waals surface area contributed by atoms with Crippen LogP contribution < -0.4 is 0 Å². The summed E-state index contributed by atoms with van der Waals surface area (Å²) in [5.74, 6) is 1.13. The SMILES string of the molecule is CCSc1ccn(C)c1Br. The molecule has 0 bridgehead atoms. The van der Waals surface area contributed by atoms with E-state index >= 15 is 0 Å². The first-order valence-electron chi connectivity index (χ1n) is 3.19. The van der Waals surface area contributed by atoms with Gasteiger partial charge in [-0.3, -0.25) is 0 Å². The first-order chi connectivity index (χ1) is 4.75. The minimum absolute atomic E-state index is 1.13. The standard InChI is InChI=1S/C7H10BrNS/c1-3-10-6-4-5-9(2)7(6)8/h4-5H,3H2,1-2H3. The van der Waals surface area contributed by atoms with Crippen LogP contribution in [-0.4, -0.2) is 10.3 Å². The van der Waals surface area contributed by atoms with Crippen LogP contribution in [-0.2, 0) is 7.05 Å². The molecule has 1 heterocycles. The van der Waals surface area contributed by atoms with Crippen LogP contribution in [0.5, 0.6) is 0 Å². The Morgan fingerprint density at radius 3 is 2.80 bits per heavy atom. The molecular weight excluding hydrogens is 210 g/mol. The second-order valence-electron chi connectivity index (χ2n) is 2.01. The van der Waals surface area contributed by atoms with Crippen LogP contribution in [0.4, 0.5) is 0 Å². The van der Waals surface area contributed by atoms with E-state index in [1.54, 1.807) is 0 Å². The maximum absolute atomic E-state index is 3.49. The lowest BCUT2D eigenvalue weighted by Gasteiger charge is -1.96. The number of aromatic nitrogens is 1. The van der Waals surface area contributed by atoms with Gasteiger partial charge in [-0.2, -0.15) is 0 Å². The lowest BCUT2D eigenvalue weighted by molar-refractivity contribution is 0.891. The van der Waals surface area contributed by atoms with Crippen molar-refractivity contribution in [1.29, 1.82) is 0 Å². The third kappa shape index (κ3) is 1.58. The van der Waals surface area contributed by atoms with Crippen molar-refractivity contribution in [2.45, 2.75) is 11.8 Å². The Morgan fingerprint density at radius 2 is 2.40 bits per heavy atom. The molecule has 3 heteroatoms. The van der Waals surface area contributed by atoms with Crippen molar-refractivity contribution >= 4 is 27.7 Å². The lowest BCUT2D eigenvalue weighted by atomic mass is 10.7. The lowest BCUT2D eigenvalue weighted by Crippen LogP contribution is -1.82. The van der Waals surface area contributed by atoms with Crippen molar-refractivity contribution in [2.75, 3.05) is 5.75 Å². The van der Waals surface area contributed by atoms with E-state index in [1.165, 1.54) is 9.50 Å². The number of thioether (sulfide) groups is 1. The first-order valence-corrected chi connectivity index (χ1v) is 4.97. The number of hydrogen-bond donors (Lipinski definition) is 0. The molecular formula is C7H10BrNS. The second-order valence-corrected chi connectivity index (χ2v) is 4.07. The van der Waals surface area contributed by atoms with Crippen molar-refractivity contribution in [3.8, 4) is 0 Å². The molecule has 0 aliphatic rings. The van der Waals surface area contributed by atoms with Gasteiger partial charge in [0.15, 0.2) is 0 Å².